The number of alkyl carbamates (subject to hydrolysis) is 1. The van der Waals surface area contributed by atoms with Crippen molar-refractivity contribution < 1.29 is 23.9 Å². The van der Waals surface area contributed by atoms with Crippen LogP contribution in [-0.4, -0.2) is 81.5 Å². The zero-order valence-electron chi connectivity index (χ0n) is 24.0. The van der Waals surface area contributed by atoms with Gasteiger partial charge in [0.05, 0.1) is 0 Å². The molecule has 0 aliphatic carbocycles. The summed E-state index contributed by atoms with van der Waals surface area (Å²) in [6.45, 7) is 12.4. The molecular formula is C27H35N7O6S. The zero-order chi connectivity index (χ0) is 29.9. The quantitative estimate of drug-likeness (QED) is 0.460. The van der Waals surface area contributed by atoms with Gasteiger partial charge < -0.3 is 29.9 Å². The second-order valence-corrected chi connectivity index (χ2v) is 12.4. The molecule has 0 radical (unpaired) electrons. The summed E-state index contributed by atoms with van der Waals surface area (Å²) in [6.07, 6.45) is -1.04. The molecule has 1 fully saturated rings. The normalized spacial score (nSPS) is 14.1. The van der Waals surface area contributed by atoms with E-state index in [-0.39, 0.29) is 18.2 Å². The van der Waals surface area contributed by atoms with Crippen molar-refractivity contribution in [2.45, 2.75) is 52.7 Å². The van der Waals surface area contributed by atoms with Gasteiger partial charge in [0.15, 0.2) is 0 Å². The van der Waals surface area contributed by atoms with Crippen LogP contribution in [0.3, 0.4) is 0 Å². The number of hydrogen-bond acceptors (Lipinski definition) is 10. The fourth-order valence-electron chi connectivity index (χ4n) is 3.92. The van der Waals surface area contributed by atoms with Crippen LogP contribution in [-0.2, 0) is 14.3 Å². The molecule has 0 saturated carbocycles. The molecule has 1 aromatic carbocycles. The monoisotopic (exact) mass is 585 g/mol. The van der Waals surface area contributed by atoms with E-state index in [2.05, 4.69) is 20.7 Å². The maximum Gasteiger partial charge on any atom is 0.410 e. The molecule has 0 atom stereocenters. The third-order valence-corrected chi connectivity index (χ3v) is 6.63. The Kier molecular flexibility index (Phi) is 8.52. The highest BCUT2D eigenvalue weighted by Gasteiger charge is 2.27. The van der Waals surface area contributed by atoms with Crippen LogP contribution < -0.4 is 21.1 Å². The summed E-state index contributed by atoms with van der Waals surface area (Å²) in [5.74, 6) is 0.0964. The molecule has 3 amide bonds. The molecule has 41 heavy (non-hydrogen) atoms. The molecular weight excluding hydrogens is 550 g/mol. The number of carbonyl (C=O) groups is 3. The Morgan fingerprint density at radius 3 is 2.32 bits per heavy atom. The Morgan fingerprint density at radius 2 is 1.66 bits per heavy atom. The van der Waals surface area contributed by atoms with Crippen LogP contribution in [0.4, 0.5) is 21.1 Å². The Hall–Kier alpha value is -4.20. The predicted molar refractivity (Wildman–Crippen MR) is 155 cm³/mol. The highest BCUT2D eigenvalue weighted by molar-refractivity contribution is 7.19. The summed E-state index contributed by atoms with van der Waals surface area (Å²) in [5.41, 5.74) is -0.365. The number of piperazine rings is 1. The Bertz CT molecular complexity index is 1500. The van der Waals surface area contributed by atoms with E-state index < -0.39 is 23.2 Å². The van der Waals surface area contributed by atoms with E-state index in [0.717, 1.165) is 0 Å². The van der Waals surface area contributed by atoms with Crippen molar-refractivity contribution in [2.24, 2.45) is 0 Å². The number of nitrogens with one attached hydrogen (secondary N) is 2. The molecule has 2 aromatic heterocycles. The van der Waals surface area contributed by atoms with E-state index in [9.17, 15) is 19.2 Å². The average molecular weight is 586 g/mol. The maximum absolute atomic E-state index is 12.9. The number of ether oxygens (including phenoxy) is 2. The van der Waals surface area contributed by atoms with E-state index in [0.29, 0.717) is 53.2 Å². The minimum absolute atomic E-state index is 0.256. The lowest BCUT2D eigenvalue weighted by Gasteiger charge is -2.36. The lowest BCUT2D eigenvalue weighted by atomic mass is 10.2. The van der Waals surface area contributed by atoms with Crippen molar-refractivity contribution >= 4 is 45.9 Å². The zero-order valence-corrected chi connectivity index (χ0v) is 24.8. The number of fused-ring (bicyclic) bond motifs is 1. The SMILES string of the molecule is CC(C)(C)OC(=O)NCC(=O)Nc1cccc(-c2nn3c(=O)cc(N4CCN(C(=O)OC(C)(C)C)CC4)nc3s2)c1. The number of aromatic nitrogens is 3. The van der Waals surface area contributed by atoms with E-state index >= 15 is 0 Å². The molecule has 220 valence electrons. The van der Waals surface area contributed by atoms with Crippen LogP contribution in [0, 0.1) is 0 Å². The van der Waals surface area contributed by atoms with Gasteiger partial charge in [-0.15, -0.1) is 0 Å². The minimum Gasteiger partial charge on any atom is -0.444 e. The molecule has 0 bridgehead atoms. The highest BCUT2D eigenvalue weighted by atomic mass is 32.1. The van der Waals surface area contributed by atoms with Gasteiger partial charge in [-0.3, -0.25) is 9.59 Å². The first-order valence-corrected chi connectivity index (χ1v) is 14.0. The second-order valence-electron chi connectivity index (χ2n) is 11.5. The molecule has 4 rings (SSSR count). The summed E-state index contributed by atoms with van der Waals surface area (Å²) in [6, 6.07) is 8.44. The summed E-state index contributed by atoms with van der Waals surface area (Å²) in [5, 5.41) is 10.1. The molecule has 1 saturated heterocycles. The van der Waals surface area contributed by atoms with Crippen LogP contribution in [0.1, 0.15) is 41.5 Å². The number of hydrogen-bond donors (Lipinski definition) is 2. The lowest BCUT2D eigenvalue weighted by molar-refractivity contribution is -0.115. The van der Waals surface area contributed by atoms with Crippen LogP contribution in [0.15, 0.2) is 35.1 Å². The smallest absolute Gasteiger partial charge is 0.410 e. The fourth-order valence-corrected chi connectivity index (χ4v) is 4.82. The van der Waals surface area contributed by atoms with E-state index in [1.54, 1.807) is 43.9 Å². The van der Waals surface area contributed by atoms with Crippen LogP contribution in [0.25, 0.3) is 15.5 Å². The van der Waals surface area contributed by atoms with Gasteiger partial charge in [0, 0.05) is 43.5 Å². The third kappa shape index (κ3) is 8.16. The van der Waals surface area contributed by atoms with E-state index in [1.807, 2.05) is 31.7 Å². The predicted octanol–water partition coefficient (Wildman–Crippen LogP) is 3.34. The standard InChI is InChI=1S/C27H35N7O6S/c1-26(2,3)39-24(37)28-16-20(35)29-18-9-7-8-17(14-18)22-31-34-21(36)15-19(30-23(34)41-22)32-10-12-33(13-11-32)25(38)40-27(4,5)6/h7-9,14-15H,10-13,16H2,1-6H3,(H,28,37)(H,29,35). The van der Waals surface area contributed by atoms with Crippen molar-refractivity contribution in [3.63, 3.8) is 0 Å². The van der Waals surface area contributed by atoms with Crippen molar-refractivity contribution in [1.29, 1.82) is 0 Å². The molecule has 0 spiro atoms. The molecule has 1 aliphatic rings. The van der Waals surface area contributed by atoms with Crippen LogP contribution >= 0.6 is 11.3 Å². The van der Waals surface area contributed by atoms with Crippen molar-refractivity contribution in [1.82, 2.24) is 24.8 Å². The van der Waals surface area contributed by atoms with E-state index in [4.69, 9.17) is 9.47 Å². The number of rotatable bonds is 5. The fraction of sp³-hybridized carbons (Fsp3) is 0.481. The van der Waals surface area contributed by atoms with Gasteiger partial charge in [-0.05, 0) is 53.7 Å². The summed E-state index contributed by atoms with van der Waals surface area (Å²) >= 11 is 1.24. The third-order valence-electron chi connectivity index (χ3n) is 5.67. The van der Waals surface area contributed by atoms with Gasteiger partial charge >= 0.3 is 12.2 Å². The van der Waals surface area contributed by atoms with Gasteiger partial charge in [-0.25, -0.2) is 14.6 Å². The molecule has 0 unspecified atom stereocenters. The summed E-state index contributed by atoms with van der Waals surface area (Å²) in [7, 11) is 0. The first-order chi connectivity index (χ1) is 19.2. The topological polar surface area (TPSA) is 147 Å². The Morgan fingerprint density at radius 1 is 0.976 bits per heavy atom. The second kappa shape index (κ2) is 11.7. The van der Waals surface area contributed by atoms with E-state index in [1.165, 1.54) is 21.9 Å². The van der Waals surface area contributed by atoms with Gasteiger partial charge in [-0.2, -0.15) is 9.61 Å². The molecule has 3 aromatic rings. The molecule has 14 heteroatoms. The van der Waals surface area contributed by atoms with Crippen molar-refractivity contribution in [2.75, 3.05) is 42.9 Å². The summed E-state index contributed by atoms with van der Waals surface area (Å²) < 4.78 is 11.8. The van der Waals surface area contributed by atoms with Crippen LogP contribution in [0.5, 0.6) is 0 Å². The number of amides is 3. The largest absolute Gasteiger partial charge is 0.444 e. The van der Waals surface area contributed by atoms with Crippen LogP contribution in [0.2, 0.25) is 0 Å². The average Bonchev–Trinajstić information content (AvgIpc) is 3.31. The molecule has 3 heterocycles. The van der Waals surface area contributed by atoms with Gasteiger partial charge in [-0.1, -0.05) is 23.5 Å². The first kappa shape index (κ1) is 29.8. The van der Waals surface area contributed by atoms with Gasteiger partial charge in [0.1, 0.15) is 28.6 Å². The lowest BCUT2D eigenvalue weighted by Crippen LogP contribution is -2.50. The highest BCUT2D eigenvalue weighted by Crippen LogP contribution is 2.27. The number of anilines is 2. The Balaban J connectivity index is 1.42. The Labute approximate surface area is 241 Å². The number of benzene rings is 1. The minimum atomic E-state index is -0.682. The first-order valence-electron chi connectivity index (χ1n) is 13.2. The molecule has 1 aliphatic heterocycles. The van der Waals surface area contributed by atoms with Crippen molar-refractivity contribution in [3.05, 3.63) is 40.7 Å². The molecule has 13 nitrogen and oxygen atoms in total. The number of nitrogens with zero attached hydrogens (tertiary/aromatic N) is 5. The number of carbonyl (C=O) groups excluding carboxylic acids is 3. The summed E-state index contributed by atoms with van der Waals surface area (Å²) in [4.78, 5) is 58.1. The van der Waals surface area contributed by atoms with Crippen molar-refractivity contribution in [3.8, 4) is 10.6 Å². The van der Waals surface area contributed by atoms with Gasteiger partial charge in [0.2, 0.25) is 10.9 Å². The molecule has 2 N–H and O–H groups in total. The maximum atomic E-state index is 12.9. The van der Waals surface area contributed by atoms with Gasteiger partial charge in [0.25, 0.3) is 5.56 Å².